The van der Waals surface area contributed by atoms with Gasteiger partial charge in [0, 0.05) is 30.1 Å². The summed E-state index contributed by atoms with van der Waals surface area (Å²) >= 11 is 0. The molecule has 8 nitrogen and oxygen atoms in total. The number of pyridine rings is 1. The second-order valence-electron chi connectivity index (χ2n) is 7.99. The van der Waals surface area contributed by atoms with Crippen LogP contribution in [0.1, 0.15) is 28.9 Å². The topological polar surface area (TPSA) is 99.7 Å². The Morgan fingerprint density at radius 2 is 1.88 bits per heavy atom. The molecule has 0 fully saturated rings. The lowest BCUT2D eigenvalue weighted by molar-refractivity contribution is -0.386. The molecule has 2 aromatic heterocycles. The number of ether oxygens (including phenoxy) is 2. The third-order valence-corrected chi connectivity index (χ3v) is 5.56. The molecule has 0 amide bonds. The molecule has 0 unspecified atom stereocenters. The van der Waals surface area contributed by atoms with Gasteiger partial charge >= 0.3 is 5.69 Å². The Hall–Kier alpha value is -3.91. The number of nitro groups is 1. The number of benzene rings is 2. The standard InChI is InChI=1S/C26H27N3O5/c1-18-7-3-11-23(26(18)29(30)31)33-17-24-19(2)25-21(9-4-10-22(25)34-24)32-14-6-13-28-16-20-8-5-12-27-15-20/h3-5,7-12,15,28H,6,13-14,16-17H2,1-2H3. The zero-order chi connectivity index (χ0) is 23.9. The zero-order valence-corrected chi connectivity index (χ0v) is 19.2. The molecule has 0 saturated carbocycles. The maximum atomic E-state index is 11.4. The van der Waals surface area contributed by atoms with Crippen LogP contribution < -0.4 is 14.8 Å². The molecule has 0 aliphatic rings. The van der Waals surface area contributed by atoms with Crippen molar-refractivity contribution in [1.29, 1.82) is 0 Å². The number of fused-ring (bicyclic) bond motifs is 1. The number of furan rings is 1. The van der Waals surface area contributed by atoms with E-state index in [4.69, 9.17) is 13.9 Å². The van der Waals surface area contributed by atoms with Crippen LogP contribution in [0.3, 0.4) is 0 Å². The van der Waals surface area contributed by atoms with Gasteiger partial charge in [-0.15, -0.1) is 0 Å². The van der Waals surface area contributed by atoms with Crippen molar-refractivity contribution in [3.63, 3.8) is 0 Å². The van der Waals surface area contributed by atoms with Crippen LogP contribution >= 0.6 is 0 Å². The number of rotatable bonds is 11. The number of aromatic nitrogens is 1. The molecule has 2 aromatic carbocycles. The van der Waals surface area contributed by atoms with Gasteiger partial charge in [-0.05, 0) is 56.6 Å². The van der Waals surface area contributed by atoms with E-state index in [9.17, 15) is 10.1 Å². The molecule has 0 radical (unpaired) electrons. The Morgan fingerprint density at radius 3 is 2.68 bits per heavy atom. The molecule has 176 valence electrons. The highest BCUT2D eigenvalue weighted by atomic mass is 16.6. The molecule has 2 heterocycles. The van der Waals surface area contributed by atoms with Crippen LogP contribution in [-0.4, -0.2) is 23.1 Å². The molecule has 34 heavy (non-hydrogen) atoms. The van der Waals surface area contributed by atoms with Gasteiger partial charge < -0.3 is 19.2 Å². The third kappa shape index (κ3) is 5.35. The first kappa shape index (κ1) is 23.3. The zero-order valence-electron chi connectivity index (χ0n) is 19.2. The van der Waals surface area contributed by atoms with Crippen molar-refractivity contribution in [2.24, 2.45) is 0 Å². The molecule has 4 rings (SSSR count). The lowest BCUT2D eigenvalue weighted by atomic mass is 10.1. The van der Waals surface area contributed by atoms with Gasteiger partial charge in [0.1, 0.15) is 23.7 Å². The molecule has 0 bridgehead atoms. The maximum absolute atomic E-state index is 11.4. The Balaban J connectivity index is 1.37. The van der Waals surface area contributed by atoms with E-state index in [0.29, 0.717) is 23.5 Å². The van der Waals surface area contributed by atoms with Gasteiger partial charge in [0.05, 0.1) is 16.9 Å². The van der Waals surface area contributed by atoms with E-state index in [1.165, 1.54) is 0 Å². The first-order valence-electron chi connectivity index (χ1n) is 11.1. The van der Waals surface area contributed by atoms with Crippen LogP contribution in [0, 0.1) is 24.0 Å². The number of hydrogen-bond donors (Lipinski definition) is 1. The second-order valence-corrected chi connectivity index (χ2v) is 7.99. The number of nitro benzene ring substituents is 1. The molecule has 1 N–H and O–H groups in total. The molecule has 8 heteroatoms. The molecule has 0 aliphatic carbocycles. The van der Waals surface area contributed by atoms with E-state index in [1.807, 2.05) is 43.5 Å². The minimum atomic E-state index is -0.423. The predicted molar refractivity (Wildman–Crippen MR) is 129 cm³/mol. The molecule has 4 aromatic rings. The SMILES string of the molecule is Cc1cccc(OCc2oc3cccc(OCCCNCc4cccnc4)c3c2C)c1[N+](=O)[O-]. The maximum Gasteiger partial charge on any atom is 0.313 e. The van der Waals surface area contributed by atoms with Crippen LogP contribution in [0.4, 0.5) is 5.69 Å². The predicted octanol–water partition coefficient (Wildman–Crippen LogP) is 5.49. The monoisotopic (exact) mass is 461 g/mol. The average Bonchev–Trinajstić information content (AvgIpc) is 3.16. The summed E-state index contributed by atoms with van der Waals surface area (Å²) in [6.45, 7) is 5.87. The van der Waals surface area contributed by atoms with Crippen molar-refractivity contribution in [3.05, 3.63) is 93.5 Å². The lowest BCUT2D eigenvalue weighted by Crippen LogP contribution is -2.17. The van der Waals surface area contributed by atoms with E-state index in [0.717, 1.165) is 41.8 Å². The van der Waals surface area contributed by atoms with Crippen molar-refractivity contribution >= 4 is 16.7 Å². The Labute approximate surface area is 197 Å². The highest BCUT2D eigenvalue weighted by Gasteiger charge is 2.20. The number of nitrogens with one attached hydrogen (secondary N) is 1. The third-order valence-electron chi connectivity index (χ3n) is 5.56. The van der Waals surface area contributed by atoms with Gasteiger partial charge in [-0.3, -0.25) is 15.1 Å². The molecular formula is C26H27N3O5. The van der Waals surface area contributed by atoms with E-state index >= 15 is 0 Å². The fourth-order valence-corrected chi connectivity index (χ4v) is 3.81. The highest BCUT2D eigenvalue weighted by Crippen LogP contribution is 2.35. The summed E-state index contributed by atoms with van der Waals surface area (Å²) in [4.78, 5) is 15.1. The van der Waals surface area contributed by atoms with E-state index in [-0.39, 0.29) is 18.0 Å². The largest absolute Gasteiger partial charge is 0.493 e. The van der Waals surface area contributed by atoms with Gasteiger partial charge in [0.25, 0.3) is 0 Å². The Bertz CT molecular complexity index is 1270. The minimum Gasteiger partial charge on any atom is -0.493 e. The van der Waals surface area contributed by atoms with Gasteiger partial charge in [0.2, 0.25) is 0 Å². The van der Waals surface area contributed by atoms with Crippen LogP contribution in [-0.2, 0) is 13.2 Å². The first-order chi connectivity index (χ1) is 16.5. The summed E-state index contributed by atoms with van der Waals surface area (Å²) in [7, 11) is 0. The smallest absolute Gasteiger partial charge is 0.313 e. The Kier molecular flexibility index (Phi) is 7.39. The van der Waals surface area contributed by atoms with Crippen LogP contribution in [0.25, 0.3) is 11.0 Å². The number of aryl methyl sites for hydroxylation is 2. The van der Waals surface area contributed by atoms with Crippen LogP contribution in [0.15, 0.2) is 65.3 Å². The second kappa shape index (κ2) is 10.8. The van der Waals surface area contributed by atoms with Crippen LogP contribution in [0.2, 0.25) is 0 Å². The number of para-hydroxylation sites is 1. The molecular weight excluding hydrogens is 434 g/mol. The van der Waals surface area contributed by atoms with Gasteiger partial charge in [-0.1, -0.05) is 24.3 Å². The minimum absolute atomic E-state index is 0.0302. The lowest BCUT2D eigenvalue weighted by Gasteiger charge is -2.09. The van der Waals surface area contributed by atoms with Crippen molar-refractivity contribution in [3.8, 4) is 11.5 Å². The van der Waals surface area contributed by atoms with Gasteiger partial charge in [-0.2, -0.15) is 0 Å². The quantitative estimate of drug-likeness (QED) is 0.179. The number of nitrogens with zero attached hydrogens (tertiary/aromatic N) is 2. The molecule has 0 saturated heterocycles. The van der Waals surface area contributed by atoms with Crippen LogP contribution in [0.5, 0.6) is 11.5 Å². The van der Waals surface area contributed by atoms with E-state index < -0.39 is 4.92 Å². The van der Waals surface area contributed by atoms with Crippen molar-refractivity contribution in [2.45, 2.75) is 33.4 Å². The fourth-order valence-electron chi connectivity index (χ4n) is 3.81. The molecule has 0 spiro atoms. The summed E-state index contributed by atoms with van der Waals surface area (Å²) in [5.41, 5.74) is 3.26. The molecule has 0 atom stereocenters. The number of hydrogen-bond acceptors (Lipinski definition) is 7. The highest BCUT2D eigenvalue weighted by molar-refractivity contribution is 5.88. The average molecular weight is 462 g/mol. The van der Waals surface area contributed by atoms with E-state index in [1.54, 1.807) is 31.3 Å². The normalized spacial score (nSPS) is 11.0. The summed E-state index contributed by atoms with van der Waals surface area (Å²) in [5.74, 6) is 1.58. The summed E-state index contributed by atoms with van der Waals surface area (Å²) in [6, 6.07) is 14.7. The fraction of sp³-hybridized carbons (Fsp3) is 0.269. The first-order valence-corrected chi connectivity index (χ1v) is 11.1. The summed E-state index contributed by atoms with van der Waals surface area (Å²) < 4.78 is 17.8. The van der Waals surface area contributed by atoms with Crippen molar-refractivity contribution in [2.75, 3.05) is 13.2 Å². The van der Waals surface area contributed by atoms with Crippen molar-refractivity contribution in [1.82, 2.24) is 10.3 Å². The van der Waals surface area contributed by atoms with Gasteiger partial charge in [-0.25, -0.2) is 0 Å². The Morgan fingerprint density at radius 1 is 1.06 bits per heavy atom. The molecule has 0 aliphatic heterocycles. The van der Waals surface area contributed by atoms with Gasteiger partial charge in [0.15, 0.2) is 5.75 Å². The van der Waals surface area contributed by atoms with Crippen molar-refractivity contribution < 1.29 is 18.8 Å². The summed E-state index contributed by atoms with van der Waals surface area (Å²) in [6.07, 6.45) is 4.46. The van der Waals surface area contributed by atoms with E-state index in [2.05, 4.69) is 10.3 Å². The summed E-state index contributed by atoms with van der Waals surface area (Å²) in [5, 5.41) is 15.7.